The fourth-order valence-corrected chi connectivity index (χ4v) is 0.348. The summed E-state index contributed by atoms with van der Waals surface area (Å²) in [6, 6.07) is 0. The minimum absolute atomic E-state index is 0.0347. The minimum atomic E-state index is -2.09. The van der Waals surface area contributed by atoms with Crippen LogP contribution in [0.4, 0.5) is 0 Å². The maximum absolute atomic E-state index is 9.58. The van der Waals surface area contributed by atoms with Gasteiger partial charge in [0.05, 0.1) is 11.5 Å². The van der Waals surface area contributed by atoms with Crippen LogP contribution in [0.3, 0.4) is 0 Å². The third-order valence-electron chi connectivity index (χ3n) is 1.05. The van der Waals surface area contributed by atoms with Crippen LogP contribution in [0.2, 0.25) is 0 Å². The molecule has 0 spiro atoms. The Bertz CT molecular complexity index is 233. The molecule has 0 heterocycles. The maximum Gasteiger partial charge on any atom is 0.341 e. The van der Waals surface area contributed by atoms with Crippen LogP contribution in [-0.2, 0) is 4.84 Å². The number of nitrogens with zero attached hydrogens (tertiary/aromatic N) is 2. The Morgan fingerprint density at radius 3 is 2.00 bits per heavy atom. The van der Waals surface area contributed by atoms with Gasteiger partial charge in [0.2, 0.25) is 0 Å². The molecule has 2 unspecified atom stereocenters. The first kappa shape index (κ1) is 16.6. The second-order valence-electron chi connectivity index (χ2n) is 2.26. The molecule has 16 heavy (non-hydrogen) atoms. The molecule has 0 rings (SSSR count). The van der Waals surface area contributed by atoms with Crippen molar-refractivity contribution in [2.75, 3.05) is 13.2 Å². The molecule has 3 N–H and O–H groups in total. The predicted molar refractivity (Wildman–Crippen MR) is 49.2 cm³/mol. The van der Waals surface area contributed by atoms with E-state index in [1.54, 1.807) is 0 Å². The van der Waals surface area contributed by atoms with Crippen LogP contribution in [0.5, 0.6) is 0 Å². The number of aliphatic hydroxyl groups is 3. The van der Waals surface area contributed by atoms with E-state index >= 15 is 0 Å². The van der Waals surface area contributed by atoms with Crippen molar-refractivity contribution in [3.05, 3.63) is 32.9 Å². The van der Waals surface area contributed by atoms with Gasteiger partial charge in [-0.3, -0.25) is 10.1 Å². The topological polar surface area (TPSA) is 156 Å². The average molecular weight is 240 g/mol. The van der Waals surface area contributed by atoms with Gasteiger partial charge in [-0.15, -0.1) is 16.7 Å². The molecule has 0 bridgehead atoms. The zero-order chi connectivity index (χ0) is 13.1. The van der Waals surface area contributed by atoms with Gasteiger partial charge in [0.15, 0.2) is 6.10 Å². The van der Waals surface area contributed by atoms with Crippen molar-refractivity contribution < 1.29 is 30.2 Å². The SMILES string of the molecule is C=CCO[N+](=O)[O-].O=[N+]([O-])C(O)C(O)CO. The monoisotopic (exact) mass is 240 g/mol. The van der Waals surface area contributed by atoms with E-state index in [4.69, 9.17) is 15.3 Å². The third kappa shape index (κ3) is 10.3. The van der Waals surface area contributed by atoms with Crippen molar-refractivity contribution in [3.8, 4) is 0 Å². The summed E-state index contributed by atoms with van der Waals surface area (Å²) < 4.78 is 0. The summed E-state index contributed by atoms with van der Waals surface area (Å²) in [6.45, 7) is 2.35. The van der Waals surface area contributed by atoms with Crippen LogP contribution < -0.4 is 0 Å². The van der Waals surface area contributed by atoms with Crippen molar-refractivity contribution in [2.24, 2.45) is 0 Å². The van der Waals surface area contributed by atoms with Gasteiger partial charge in [-0.25, -0.2) is 0 Å². The zero-order valence-electron chi connectivity index (χ0n) is 8.13. The molecular formula is C6H12N2O8. The summed E-state index contributed by atoms with van der Waals surface area (Å²) in [5, 5.41) is 42.7. The van der Waals surface area contributed by atoms with Crippen LogP contribution >= 0.6 is 0 Å². The summed E-state index contributed by atoms with van der Waals surface area (Å²) in [6.07, 6.45) is -2.47. The Hall–Kier alpha value is -1.78. The highest BCUT2D eigenvalue weighted by Gasteiger charge is 2.25. The quantitative estimate of drug-likeness (QED) is 0.215. The highest BCUT2D eigenvalue weighted by atomic mass is 16.9. The van der Waals surface area contributed by atoms with E-state index in [2.05, 4.69) is 11.4 Å². The molecular weight excluding hydrogens is 228 g/mol. The summed E-state index contributed by atoms with van der Waals surface area (Å²) >= 11 is 0. The highest BCUT2D eigenvalue weighted by Crippen LogP contribution is 1.91. The van der Waals surface area contributed by atoms with Crippen LogP contribution in [0.1, 0.15) is 0 Å². The molecule has 0 aliphatic rings. The van der Waals surface area contributed by atoms with Crippen molar-refractivity contribution in [1.29, 1.82) is 0 Å². The molecule has 0 fully saturated rings. The van der Waals surface area contributed by atoms with Crippen molar-refractivity contribution in [3.63, 3.8) is 0 Å². The Balaban J connectivity index is 0. The Morgan fingerprint density at radius 1 is 1.38 bits per heavy atom. The van der Waals surface area contributed by atoms with Crippen LogP contribution in [0.15, 0.2) is 12.7 Å². The van der Waals surface area contributed by atoms with E-state index in [-0.39, 0.29) is 6.61 Å². The van der Waals surface area contributed by atoms with E-state index in [9.17, 15) is 20.2 Å². The summed E-state index contributed by atoms with van der Waals surface area (Å²) in [7, 11) is 0. The van der Waals surface area contributed by atoms with Gasteiger partial charge in [-0.05, 0) is 0 Å². The molecule has 0 radical (unpaired) electrons. The molecule has 10 heteroatoms. The number of hydrogen-bond acceptors (Lipinski definition) is 8. The fraction of sp³-hybridized carbons (Fsp3) is 0.667. The number of nitro groups is 1. The Labute approximate surface area is 89.6 Å². The fourth-order valence-electron chi connectivity index (χ4n) is 0.348. The highest BCUT2D eigenvalue weighted by molar-refractivity contribution is 4.61. The molecule has 0 aromatic carbocycles. The Kier molecular flexibility index (Phi) is 10.2. The molecule has 0 aromatic heterocycles. The van der Waals surface area contributed by atoms with E-state index in [0.717, 1.165) is 0 Å². The lowest BCUT2D eigenvalue weighted by molar-refractivity contribution is -0.755. The minimum Gasteiger partial charge on any atom is -0.393 e. The summed E-state index contributed by atoms with van der Waals surface area (Å²) in [4.78, 5) is 21.6. The standard InChI is InChI=1S/C3H7NO5.C3H5NO3/c5-1-2(6)3(7)4(8)9;1-2-3-7-4(5)6/h2-3,5-7H,1H2;2H,1,3H2. The van der Waals surface area contributed by atoms with Gasteiger partial charge in [0.25, 0.3) is 5.09 Å². The van der Waals surface area contributed by atoms with Crippen molar-refractivity contribution >= 4 is 0 Å². The first-order chi connectivity index (χ1) is 7.36. The van der Waals surface area contributed by atoms with Crippen LogP contribution in [-0.4, -0.2) is 50.9 Å². The van der Waals surface area contributed by atoms with Gasteiger partial charge >= 0.3 is 6.23 Å². The molecule has 0 aromatic rings. The van der Waals surface area contributed by atoms with Crippen LogP contribution in [0, 0.1) is 20.2 Å². The van der Waals surface area contributed by atoms with Gasteiger partial charge < -0.3 is 20.2 Å². The number of aliphatic hydroxyl groups excluding tert-OH is 3. The van der Waals surface area contributed by atoms with Gasteiger partial charge in [-0.1, -0.05) is 6.08 Å². The normalized spacial score (nSPS) is 12.7. The van der Waals surface area contributed by atoms with Crippen LogP contribution in [0.25, 0.3) is 0 Å². The zero-order valence-corrected chi connectivity index (χ0v) is 8.13. The predicted octanol–water partition coefficient (Wildman–Crippen LogP) is -1.68. The molecule has 0 saturated heterocycles. The Morgan fingerprint density at radius 2 is 1.88 bits per heavy atom. The molecule has 2 atom stereocenters. The molecule has 0 saturated carbocycles. The lowest BCUT2D eigenvalue weighted by atomic mass is 10.3. The number of hydrogen-bond donors (Lipinski definition) is 3. The first-order valence-corrected chi connectivity index (χ1v) is 3.85. The smallest absolute Gasteiger partial charge is 0.341 e. The van der Waals surface area contributed by atoms with Gasteiger partial charge in [-0.2, -0.15) is 0 Å². The average Bonchev–Trinajstić information content (AvgIpc) is 2.24. The molecule has 0 aliphatic heterocycles. The van der Waals surface area contributed by atoms with Crippen molar-refractivity contribution in [2.45, 2.75) is 12.3 Å². The van der Waals surface area contributed by atoms with Gasteiger partial charge in [0.1, 0.15) is 6.61 Å². The van der Waals surface area contributed by atoms with Crippen molar-refractivity contribution in [1.82, 2.24) is 0 Å². The molecule has 0 amide bonds. The summed E-state index contributed by atoms with van der Waals surface area (Å²) in [5.41, 5.74) is 0. The maximum atomic E-state index is 9.58. The van der Waals surface area contributed by atoms with Gasteiger partial charge in [0, 0.05) is 0 Å². The second kappa shape index (κ2) is 9.76. The van der Waals surface area contributed by atoms with E-state index in [0.29, 0.717) is 0 Å². The molecule has 0 aliphatic carbocycles. The van der Waals surface area contributed by atoms with E-state index in [1.165, 1.54) is 6.08 Å². The first-order valence-electron chi connectivity index (χ1n) is 3.85. The van der Waals surface area contributed by atoms with E-state index < -0.39 is 28.9 Å². The summed E-state index contributed by atoms with van der Waals surface area (Å²) in [5.74, 6) is 0. The lowest BCUT2D eigenvalue weighted by Gasteiger charge is -2.05. The number of rotatable bonds is 6. The third-order valence-corrected chi connectivity index (χ3v) is 1.05. The molecule has 94 valence electrons. The molecule has 10 nitrogen and oxygen atoms in total. The second-order valence-corrected chi connectivity index (χ2v) is 2.26. The largest absolute Gasteiger partial charge is 0.393 e. The lowest BCUT2D eigenvalue weighted by Crippen LogP contribution is -2.35. The van der Waals surface area contributed by atoms with E-state index in [1.807, 2.05) is 0 Å².